The van der Waals surface area contributed by atoms with E-state index in [-0.39, 0.29) is 6.04 Å². The fraction of sp³-hybridized carbons (Fsp3) is 0.308. The van der Waals surface area contributed by atoms with E-state index in [2.05, 4.69) is 10.3 Å². The molecule has 0 spiro atoms. The summed E-state index contributed by atoms with van der Waals surface area (Å²) < 4.78 is 26.1. The van der Waals surface area contributed by atoms with Gasteiger partial charge in [-0.2, -0.15) is 11.8 Å². The molecule has 6 heteroatoms. The number of thiazole rings is 1. The van der Waals surface area contributed by atoms with Gasteiger partial charge in [0, 0.05) is 29.0 Å². The smallest absolute Gasteiger partial charge is 0.159 e. The quantitative estimate of drug-likeness (QED) is 0.919. The van der Waals surface area contributed by atoms with Crippen LogP contribution in [0.15, 0.2) is 23.6 Å². The van der Waals surface area contributed by atoms with E-state index in [4.69, 9.17) is 0 Å². The van der Waals surface area contributed by atoms with Gasteiger partial charge < -0.3 is 5.32 Å². The molecule has 1 atom stereocenters. The number of aromatic nitrogens is 1. The molecule has 1 N–H and O–H groups in total. The van der Waals surface area contributed by atoms with Gasteiger partial charge in [0.15, 0.2) is 11.6 Å². The zero-order chi connectivity index (χ0) is 13.2. The summed E-state index contributed by atoms with van der Waals surface area (Å²) >= 11 is 3.46. The van der Waals surface area contributed by atoms with Crippen LogP contribution in [0.1, 0.15) is 11.0 Å². The highest BCUT2D eigenvalue weighted by Crippen LogP contribution is 2.29. The molecule has 0 saturated carbocycles. The Morgan fingerprint density at radius 3 is 2.89 bits per heavy atom. The largest absolute Gasteiger partial charge is 0.306 e. The standard InChI is InChI=1S/C13H12F2N2S2/c14-9-2-1-8(5-10(9)15)11-7-19-13(17-11)12-6-18-4-3-16-12/h1-2,5,7,12,16H,3-4,6H2. The first-order valence-electron chi connectivity index (χ1n) is 5.96. The SMILES string of the molecule is Fc1ccc(-c2csc(C3CSCCN3)n2)cc1F. The predicted molar refractivity (Wildman–Crippen MR) is 75.5 cm³/mol. The molecule has 0 radical (unpaired) electrons. The Hall–Kier alpha value is -0.980. The topological polar surface area (TPSA) is 24.9 Å². The molecule has 1 aromatic heterocycles. The lowest BCUT2D eigenvalue weighted by Crippen LogP contribution is -2.30. The molecule has 2 heterocycles. The van der Waals surface area contributed by atoms with Crippen molar-refractivity contribution in [3.05, 3.63) is 40.2 Å². The van der Waals surface area contributed by atoms with Gasteiger partial charge in [0.05, 0.1) is 11.7 Å². The fourth-order valence-corrected chi connectivity index (χ4v) is 3.91. The monoisotopic (exact) mass is 298 g/mol. The van der Waals surface area contributed by atoms with Gasteiger partial charge in [0.1, 0.15) is 5.01 Å². The Labute approximate surface area is 118 Å². The van der Waals surface area contributed by atoms with Crippen molar-refractivity contribution in [1.82, 2.24) is 10.3 Å². The molecule has 1 fully saturated rings. The average molecular weight is 298 g/mol. The molecule has 100 valence electrons. The highest BCUT2D eigenvalue weighted by Gasteiger charge is 2.19. The van der Waals surface area contributed by atoms with Gasteiger partial charge in [0.25, 0.3) is 0 Å². The van der Waals surface area contributed by atoms with Gasteiger partial charge in [-0.3, -0.25) is 0 Å². The molecule has 1 saturated heterocycles. The van der Waals surface area contributed by atoms with Crippen molar-refractivity contribution in [2.45, 2.75) is 6.04 Å². The lowest BCUT2D eigenvalue weighted by Gasteiger charge is -2.20. The van der Waals surface area contributed by atoms with Gasteiger partial charge in [-0.15, -0.1) is 11.3 Å². The van der Waals surface area contributed by atoms with Crippen LogP contribution < -0.4 is 5.32 Å². The summed E-state index contributed by atoms with van der Waals surface area (Å²) in [6, 6.07) is 4.15. The van der Waals surface area contributed by atoms with E-state index in [1.165, 1.54) is 6.07 Å². The van der Waals surface area contributed by atoms with Crippen LogP contribution in [-0.4, -0.2) is 23.0 Å². The highest BCUT2D eigenvalue weighted by molar-refractivity contribution is 7.99. The number of halogens is 2. The lowest BCUT2D eigenvalue weighted by atomic mass is 10.1. The minimum atomic E-state index is -0.835. The van der Waals surface area contributed by atoms with Gasteiger partial charge in [0.2, 0.25) is 0 Å². The third kappa shape index (κ3) is 2.80. The van der Waals surface area contributed by atoms with Crippen molar-refractivity contribution in [3.63, 3.8) is 0 Å². The molecule has 1 aliphatic heterocycles. The molecule has 1 unspecified atom stereocenters. The first-order chi connectivity index (χ1) is 9.24. The molecule has 19 heavy (non-hydrogen) atoms. The minimum absolute atomic E-state index is 0.266. The highest BCUT2D eigenvalue weighted by atomic mass is 32.2. The van der Waals surface area contributed by atoms with Crippen LogP contribution in [0.4, 0.5) is 8.78 Å². The molecule has 2 nitrogen and oxygen atoms in total. The second-order valence-electron chi connectivity index (χ2n) is 4.28. The maximum absolute atomic E-state index is 13.2. The predicted octanol–water partition coefficient (Wildman–Crippen LogP) is 3.47. The summed E-state index contributed by atoms with van der Waals surface area (Å²) in [7, 11) is 0. The number of nitrogens with zero attached hydrogens (tertiary/aromatic N) is 1. The van der Waals surface area contributed by atoms with Crippen LogP contribution in [0.5, 0.6) is 0 Å². The van der Waals surface area contributed by atoms with E-state index in [9.17, 15) is 8.78 Å². The zero-order valence-electron chi connectivity index (χ0n) is 10.0. The lowest BCUT2D eigenvalue weighted by molar-refractivity contribution is 0.509. The second-order valence-corrected chi connectivity index (χ2v) is 6.32. The van der Waals surface area contributed by atoms with Crippen LogP contribution in [-0.2, 0) is 0 Å². The van der Waals surface area contributed by atoms with Gasteiger partial charge in [-0.1, -0.05) is 0 Å². The van der Waals surface area contributed by atoms with E-state index < -0.39 is 11.6 Å². The Balaban J connectivity index is 1.85. The molecular weight excluding hydrogens is 286 g/mol. The first kappa shape index (κ1) is 13.0. The average Bonchev–Trinajstić information content (AvgIpc) is 2.93. The number of hydrogen-bond acceptors (Lipinski definition) is 4. The summed E-state index contributed by atoms with van der Waals surface area (Å²) in [5.74, 6) is 0.464. The van der Waals surface area contributed by atoms with Crippen molar-refractivity contribution < 1.29 is 8.78 Å². The van der Waals surface area contributed by atoms with Crippen LogP contribution in [0.3, 0.4) is 0 Å². The summed E-state index contributed by atoms with van der Waals surface area (Å²) in [5, 5.41) is 6.31. The van der Waals surface area contributed by atoms with E-state index in [0.29, 0.717) is 11.3 Å². The van der Waals surface area contributed by atoms with Crippen LogP contribution in [0, 0.1) is 11.6 Å². The normalized spacial score (nSPS) is 19.6. The Morgan fingerprint density at radius 1 is 1.26 bits per heavy atom. The summed E-state index contributed by atoms with van der Waals surface area (Å²) in [4.78, 5) is 4.53. The third-order valence-corrected chi connectivity index (χ3v) is 4.98. The molecule has 0 aliphatic carbocycles. The van der Waals surface area contributed by atoms with Crippen LogP contribution in [0.25, 0.3) is 11.3 Å². The van der Waals surface area contributed by atoms with Crippen molar-refractivity contribution in [2.24, 2.45) is 0 Å². The molecule has 1 aliphatic rings. The second kappa shape index (κ2) is 5.56. The van der Waals surface area contributed by atoms with Gasteiger partial charge in [-0.25, -0.2) is 13.8 Å². The van der Waals surface area contributed by atoms with E-state index >= 15 is 0 Å². The zero-order valence-corrected chi connectivity index (χ0v) is 11.7. The third-order valence-electron chi connectivity index (χ3n) is 2.96. The Bertz CT molecular complexity index is 580. The molecule has 2 aromatic rings. The minimum Gasteiger partial charge on any atom is -0.306 e. The van der Waals surface area contributed by atoms with Crippen molar-refractivity contribution >= 4 is 23.1 Å². The van der Waals surface area contributed by atoms with Gasteiger partial charge in [-0.05, 0) is 18.2 Å². The fourth-order valence-electron chi connectivity index (χ4n) is 1.96. The summed E-state index contributed by atoms with van der Waals surface area (Å²) in [6.45, 7) is 0.982. The van der Waals surface area contributed by atoms with E-state index in [0.717, 1.165) is 29.1 Å². The van der Waals surface area contributed by atoms with E-state index in [1.54, 1.807) is 17.4 Å². The first-order valence-corrected chi connectivity index (χ1v) is 7.99. The summed E-state index contributed by atoms with van der Waals surface area (Å²) in [6.07, 6.45) is 0. The maximum Gasteiger partial charge on any atom is 0.159 e. The molecule has 0 amide bonds. The van der Waals surface area contributed by atoms with Crippen LogP contribution >= 0.6 is 23.1 Å². The van der Waals surface area contributed by atoms with Crippen molar-refractivity contribution in [3.8, 4) is 11.3 Å². The van der Waals surface area contributed by atoms with Crippen LogP contribution in [0.2, 0.25) is 0 Å². The molecular formula is C13H12F2N2S2. The number of thioether (sulfide) groups is 1. The molecule has 1 aromatic carbocycles. The number of rotatable bonds is 2. The molecule has 3 rings (SSSR count). The number of nitrogens with one attached hydrogen (secondary N) is 1. The number of benzene rings is 1. The number of hydrogen-bond donors (Lipinski definition) is 1. The Morgan fingerprint density at radius 2 is 2.16 bits per heavy atom. The maximum atomic E-state index is 13.2. The van der Waals surface area contributed by atoms with E-state index in [1.807, 2.05) is 17.1 Å². The van der Waals surface area contributed by atoms with Gasteiger partial charge >= 0.3 is 0 Å². The summed E-state index contributed by atoms with van der Waals surface area (Å²) in [5.41, 5.74) is 1.32. The van der Waals surface area contributed by atoms with Crippen molar-refractivity contribution in [1.29, 1.82) is 0 Å². The Kier molecular flexibility index (Phi) is 3.81. The molecule has 0 bridgehead atoms. The van der Waals surface area contributed by atoms with Crippen molar-refractivity contribution in [2.75, 3.05) is 18.1 Å².